The summed E-state index contributed by atoms with van der Waals surface area (Å²) in [6.07, 6.45) is 2.70. The molecule has 21 heavy (non-hydrogen) atoms. The molecule has 0 bridgehead atoms. The van der Waals surface area contributed by atoms with Crippen LogP contribution in [0, 0.1) is 0 Å². The van der Waals surface area contributed by atoms with Crippen molar-refractivity contribution in [3.05, 3.63) is 23.8 Å². The third kappa shape index (κ3) is 6.49. The van der Waals surface area contributed by atoms with E-state index in [2.05, 4.69) is 12.2 Å². The second kappa shape index (κ2) is 9.23. The minimum atomic E-state index is -0.106. The quantitative estimate of drug-likeness (QED) is 0.682. The number of rotatable bonds is 9. The van der Waals surface area contributed by atoms with Crippen molar-refractivity contribution in [3.8, 4) is 11.5 Å². The fraction of sp³-hybridized carbons (Fsp3) is 0.562. The molecule has 0 fully saturated rings. The van der Waals surface area contributed by atoms with Gasteiger partial charge in [0.05, 0.1) is 7.11 Å². The van der Waals surface area contributed by atoms with Crippen LogP contribution in [0.15, 0.2) is 18.2 Å². The van der Waals surface area contributed by atoms with Crippen LogP contribution >= 0.6 is 0 Å². The Hall–Kier alpha value is -1.75. The average Bonchev–Trinajstić information content (AvgIpc) is 2.45. The molecule has 1 aromatic carbocycles. The van der Waals surface area contributed by atoms with Crippen molar-refractivity contribution in [1.29, 1.82) is 0 Å². The maximum atomic E-state index is 11.7. The van der Waals surface area contributed by atoms with Gasteiger partial charge in [-0.25, -0.2) is 0 Å². The Morgan fingerprint density at radius 1 is 1.43 bits per heavy atom. The van der Waals surface area contributed by atoms with Gasteiger partial charge in [-0.05, 0) is 43.5 Å². The number of amides is 1. The van der Waals surface area contributed by atoms with Crippen LogP contribution in [0.4, 0.5) is 0 Å². The lowest BCUT2D eigenvalue weighted by molar-refractivity contribution is -0.123. The van der Waals surface area contributed by atoms with Crippen LogP contribution in [0.1, 0.15) is 32.3 Å². The standard InChI is InChI=1S/C16H26N2O3/c1-4-5-8-18-16(19)11-21-15-7-6-14(20-3)10-13(15)9-12(2)17/h6-7,10,12H,4-5,8-9,11,17H2,1-3H3,(H,18,19). The molecule has 0 saturated carbocycles. The van der Waals surface area contributed by atoms with Gasteiger partial charge in [0.2, 0.25) is 0 Å². The smallest absolute Gasteiger partial charge is 0.257 e. The minimum absolute atomic E-state index is 0.0119. The van der Waals surface area contributed by atoms with E-state index in [9.17, 15) is 4.79 Å². The number of nitrogens with two attached hydrogens (primary N) is 1. The lowest BCUT2D eigenvalue weighted by atomic mass is 10.1. The number of ether oxygens (including phenoxy) is 2. The molecule has 0 radical (unpaired) electrons. The Balaban J connectivity index is 2.62. The fourth-order valence-electron chi connectivity index (χ4n) is 1.93. The van der Waals surface area contributed by atoms with Crippen LogP contribution < -0.4 is 20.5 Å². The molecule has 0 saturated heterocycles. The van der Waals surface area contributed by atoms with E-state index in [0.29, 0.717) is 18.7 Å². The summed E-state index contributed by atoms with van der Waals surface area (Å²) in [4.78, 5) is 11.7. The molecule has 5 nitrogen and oxygen atoms in total. The number of carbonyl (C=O) groups excluding carboxylic acids is 1. The summed E-state index contributed by atoms with van der Waals surface area (Å²) in [6, 6.07) is 5.54. The Bertz CT molecular complexity index is 447. The zero-order chi connectivity index (χ0) is 15.7. The highest BCUT2D eigenvalue weighted by Gasteiger charge is 2.10. The molecule has 5 heteroatoms. The second-order valence-electron chi connectivity index (χ2n) is 5.15. The number of carbonyl (C=O) groups is 1. The van der Waals surface area contributed by atoms with Crippen LogP contribution in [0.25, 0.3) is 0 Å². The molecule has 0 aliphatic carbocycles. The largest absolute Gasteiger partial charge is 0.497 e. The normalized spacial score (nSPS) is 11.8. The van der Waals surface area contributed by atoms with Gasteiger partial charge >= 0.3 is 0 Å². The van der Waals surface area contributed by atoms with Gasteiger partial charge in [-0.15, -0.1) is 0 Å². The van der Waals surface area contributed by atoms with Gasteiger partial charge in [0.25, 0.3) is 5.91 Å². The zero-order valence-electron chi connectivity index (χ0n) is 13.1. The summed E-state index contributed by atoms with van der Waals surface area (Å²) in [5.41, 5.74) is 6.80. The van der Waals surface area contributed by atoms with E-state index < -0.39 is 0 Å². The maximum Gasteiger partial charge on any atom is 0.257 e. The number of unbranched alkanes of at least 4 members (excludes halogenated alkanes) is 1. The van der Waals surface area contributed by atoms with E-state index in [1.54, 1.807) is 7.11 Å². The first-order chi connectivity index (χ1) is 10.1. The predicted molar refractivity (Wildman–Crippen MR) is 83.8 cm³/mol. The van der Waals surface area contributed by atoms with Crippen molar-refractivity contribution < 1.29 is 14.3 Å². The molecular weight excluding hydrogens is 268 g/mol. The minimum Gasteiger partial charge on any atom is -0.497 e. The SMILES string of the molecule is CCCCNC(=O)COc1ccc(OC)cc1CC(C)N. The highest BCUT2D eigenvalue weighted by atomic mass is 16.5. The van der Waals surface area contributed by atoms with Gasteiger partial charge in [0, 0.05) is 12.6 Å². The van der Waals surface area contributed by atoms with Gasteiger partial charge in [-0.2, -0.15) is 0 Å². The van der Waals surface area contributed by atoms with E-state index in [1.165, 1.54) is 0 Å². The molecule has 0 aliphatic rings. The van der Waals surface area contributed by atoms with Crippen molar-refractivity contribution in [1.82, 2.24) is 5.32 Å². The van der Waals surface area contributed by atoms with Crippen molar-refractivity contribution in [3.63, 3.8) is 0 Å². The topological polar surface area (TPSA) is 73.6 Å². The maximum absolute atomic E-state index is 11.7. The molecule has 0 aromatic heterocycles. The highest BCUT2D eigenvalue weighted by molar-refractivity contribution is 5.77. The van der Waals surface area contributed by atoms with E-state index in [0.717, 1.165) is 24.2 Å². The summed E-state index contributed by atoms with van der Waals surface area (Å²) < 4.78 is 10.8. The first-order valence-corrected chi connectivity index (χ1v) is 7.38. The van der Waals surface area contributed by atoms with E-state index in [4.69, 9.17) is 15.2 Å². The highest BCUT2D eigenvalue weighted by Crippen LogP contribution is 2.25. The summed E-state index contributed by atoms with van der Waals surface area (Å²) in [5, 5.41) is 2.82. The number of benzene rings is 1. The Kier molecular flexibility index (Phi) is 7.61. The third-order valence-corrected chi connectivity index (χ3v) is 3.02. The first-order valence-electron chi connectivity index (χ1n) is 7.38. The van der Waals surface area contributed by atoms with Crippen LogP contribution in [0.2, 0.25) is 0 Å². The molecule has 0 spiro atoms. The molecule has 3 N–H and O–H groups in total. The molecule has 118 valence electrons. The van der Waals surface area contributed by atoms with Crippen molar-refractivity contribution in [2.75, 3.05) is 20.3 Å². The lowest BCUT2D eigenvalue weighted by Crippen LogP contribution is -2.29. The summed E-state index contributed by atoms with van der Waals surface area (Å²) >= 11 is 0. The molecule has 1 amide bonds. The summed E-state index contributed by atoms with van der Waals surface area (Å²) in [6.45, 7) is 4.72. The van der Waals surface area contributed by atoms with Crippen LogP contribution in [-0.4, -0.2) is 32.2 Å². The summed E-state index contributed by atoms with van der Waals surface area (Å²) in [5.74, 6) is 1.33. The predicted octanol–water partition coefficient (Wildman–Crippen LogP) is 1.88. The Morgan fingerprint density at radius 3 is 2.81 bits per heavy atom. The van der Waals surface area contributed by atoms with Crippen LogP contribution in [0.5, 0.6) is 11.5 Å². The van der Waals surface area contributed by atoms with E-state index in [1.807, 2.05) is 25.1 Å². The van der Waals surface area contributed by atoms with Gasteiger partial charge in [-0.3, -0.25) is 4.79 Å². The third-order valence-electron chi connectivity index (χ3n) is 3.02. The molecule has 1 atom stereocenters. The van der Waals surface area contributed by atoms with Gasteiger partial charge < -0.3 is 20.5 Å². The van der Waals surface area contributed by atoms with Crippen molar-refractivity contribution >= 4 is 5.91 Å². The molecule has 1 rings (SSSR count). The van der Waals surface area contributed by atoms with Gasteiger partial charge in [0.1, 0.15) is 11.5 Å². The molecule has 1 aromatic rings. The van der Waals surface area contributed by atoms with Crippen LogP contribution in [0.3, 0.4) is 0 Å². The second-order valence-corrected chi connectivity index (χ2v) is 5.15. The van der Waals surface area contributed by atoms with Crippen LogP contribution in [-0.2, 0) is 11.2 Å². The van der Waals surface area contributed by atoms with Crippen molar-refractivity contribution in [2.45, 2.75) is 39.2 Å². The zero-order valence-corrected chi connectivity index (χ0v) is 13.1. The number of methoxy groups -OCH3 is 1. The Labute approximate surface area is 126 Å². The number of hydrogen-bond acceptors (Lipinski definition) is 4. The number of hydrogen-bond donors (Lipinski definition) is 2. The lowest BCUT2D eigenvalue weighted by Gasteiger charge is -2.14. The van der Waals surface area contributed by atoms with Crippen molar-refractivity contribution in [2.24, 2.45) is 5.73 Å². The van der Waals surface area contributed by atoms with E-state index >= 15 is 0 Å². The van der Waals surface area contributed by atoms with E-state index in [-0.39, 0.29) is 18.6 Å². The summed E-state index contributed by atoms with van der Waals surface area (Å²) in [7, 11) is 1.62. The molecule has 0 heterocycles. The van der Waals surface area contributed by atoms with Gasteiger partial charge in [-0.1, -0.05) is 13.3 Å². The monoisotopic (exact) mass is 294 g/mol. The Morgan fingerprint density at radius 2 is 2.19 bits per heavy atom. The first kappa shape index (κ1) is 17.3. The van der Waals surface area contributed by atoms with Gasteiger partial charge in [0.15, 0.2) is 6.61 Å². The fourth-order valence-corrected chi connectivity index (χ4v) is 1.93. The average molecular weight is 294 g/mol. The number of nitrogens with one attached hydrogen (secondary N) is 1. The molecule has 1 unspecified atom stereocenters. The molecular formula is C16H26N2O3. The molecule has 0 aliphatic heterocycles.